The van der Waals surface area contributed by atoms with E-state index in [-0.39, 0.29) is 5.54 Å². The predicted molar refractivity (Wildman–Crippen MR) is 88.2 cm³/mol. The summed E-state index contributed by atoms with van der Waals surface area (Å²) in [5, 5.41) is 0. The molecule has 0 aromatic heterocycles. The van der Waals surface area contributed by atoms with Gasteiger partial charge in [0.2, 0.25) is 0 Å². The van der Waals surface area contributed by atoms with Crippen LogP contribution in [-0.4, -0.2) is 58.6 Å². The summed E-state index contributed by atoms with van der Waals surface area (Å²) >= 11 is 0. The zero-order chi connectivity index (χ0) is 15.6. The number of benzene rings is 1. The second-order valence-corrected chi connectivity index (χ2v) is 7.81. The minimum absolute atomic E-state index is 0.253. The molecule has 1 aliphatic carbocycles. The first kappa shape index (κ1) is 15.7. The van der Waals surface area contributed by atoms with Crippen LogP contribution in [0.1, 0.15) is 12.8 Å². The van der Waals surface area contributed by atoms with E-state index in [4.69, 9.17) is 0 Å². The summed E-state index contributed by atoms with van der Waals surface area (Å²) in [5.74, 6) is 0. The van der Waals surface area contributed by atoms with Crippen molar-refractivity contribution in [2.45, 2.75) is 18.4 Å². The standard InChI is InChI=1S/C15H24N4O2S/c1-16-22(20,21)17-15(7-8-15)13-18-9-11-19(12-10-18)14-5-3-2-4-6-14/h2-6,16-17H,7-13H2,1H3. The molecule has 0 radical (unpaired) electrons. The quantitative estimate of drug-likeness (QED) is 0.795. The van der Waals surface area contributed by atoms with E-state index in [9.17, 15) is 8.42 Å². The molecule has 2 aliphatic rings. The number of hydrogen-bond donors (Lipinski definition) is 2. The van der Waals surface area contributed by atoms with Crippen LogP contribution in [0.5, 0.6) is 0 Å². The van der Waals surface area contributed by atoms with Gasteiger partial charge in [0.05, 0.1) is 0 Å². The summed E-state index contributed by atoms with van der Waals surface area (Å²) in [5.41, 5.74) is 1.01. The SMILES string of the molecule is CNS(=O)(=O)NC1(CN2CCN(c3ccccc3)CC2)CC1. The van der Waals surface area contributed by atoms with Gasteiger partial charge in [-0.2, -0.15) is 13.1 Å². The maximum atomic E-state index is 11.7. The lowest BCUT2D eigenvalue weighted by molar-refractivity contribution is 0.230. The van der Waals surface area contributed by atoms with Gasteiger partial charge in [0, 0.05) is 51.0 Å². The summed E-state index contributed by atoms with van der Waals surface area (Å²) in [4.78, 5) is 4.75. The summed E-state index contributed by atoms with van der Waals surface area (Å²) in [6, 6.07) is 10.4. The molecule has 2 N–H and O–H groups in total. The van der Waals surface area contributed by atoms with E-state index in [0.29, 0.717) is 0 Å². The van der Waals surface area contributed by atoms with E-state index in [1.165, 1.54) is 12.7 Å². The maximum absolute atomic E-state index is 11.7. The van der Waals surface area contributed by atoms with E-state index < -0.39 is 10.2 Å². The first-order valence-corrected chi connectivity index (χ1v) is 9.25. The lowest BCUT2D eigenvalue weighted by Gasteiger charge is -2.37. The Balaban J connectivity index is 1.52. The van der Waals surface area contributed by atoms with Crippen molar-refractivity contribution in [1.82, 2.24) is 14.3 Å². The summed E-state index contributed by atoms with van der Waals surface area (Å²) in [7, 11) is -1.91. The van der Waals surface area contributed by atoms with Crippen molar-refractivity contribution in [3.63, 3.8) is 0 Å². The Bertz CT molecular complexity index is 593. The van der Waals surface area contributed by atoms with Crippen molar-refractivity contribution in [3.05, 3.63) is 30.3 Å². The van der Waals surface area contributed by atoms with Crippen LogP contribution in [0, 0.1) is 0 Å². The van der Waals surface area contributed by atoms with Gasteiger partial charge < -0.3 is 4.90 Å². The predicted octanol–water partition coefficient (Wildman–Crippen LogP) is 0.395. The minimum Gasteiger partial charge on any atom is -0.369 e. The van der Waals surface area contributed by atoms with Gasteiger partial charge in [-0.15, -0.1) is 0 Å². The largest absolute Gasteiger partial charge is 0.369 e. The molecule has 0 atom stereocenters. The monoisotopic (exact) mass is 324 g/mol. The highest BCUT2D eigenvalue weighted by molar-refractivity contribution is 7.87. The van der Waals surface area contributed by atoms with Crippen LogP contribution in [0.25, 0.3) is 0 Å². The van der Waals surface area contributed by atoms with Gasteiger partial charge in [0.1, 0.15) is 0 Å². The average Bonchev–Trinajstić information content (AvgIpc) is 3.27. The number of piperazine rings is 1. The highest BCUT2D eigenvalue weighted by Gasteiger charge is 2.46. The summed E-state index contributed by atoms with van der Waals surface area (Å²) in [6.45, 7) is 4.71. The van der Waals surface area contributed by atoms with E-state index in [1.807, 2.05) is 6.07 Å². The van der Waals surface area contributed by atoms with E-state index in [2.05, 4.69) is 43.5 Å². The van der Waals surface area contributed by atoms with Gasteiger partial charge in [-0.05, 0) is 25.0 Å². The summed E-state index contributed by atoms with van der Waals surface area (Å²) in [6.07, 6.45) is 1.85. The van der Waals surface area contributed by atoms with Crippen molar-refractivity contribution < 1.29 is 8.42 Å². The smallest absolute Gasteiger partial charge is 0.277 e. The van der Waals surface area contributed by atoms with Gasteiger partial charge in [0.25, 0.3) is 10.2 Å². The molecule has 1 aromatic rings. The maximum Gasteiger partial charge on any atom is 0.277 e. The van der Waals surface area contributed by atoms with Crippen LogP contribution in [0.2, 0.25) is 0 Å². The summed E-state index contributed by atoms with van der Waals surface area (Å²) < 4.78 is 28.5. The average molecular weight is 324 g/mol. The van der Waals surface area contributed by atoms with Crippen LogP contribution < -0.4 is 14.3 Å². The number of rotatable bonds is 6. The van der Waals surface area contributed by atoms with Gasteiger partial charge in [0.15, 0.2) is 0 Å². The first-order chi connectivity index (χ1) is 10.5. The molecule has 122 valence electrons. The molecular weight excluding hydrogens is 300 g/mol. The zero-order valence-electron chi connectivity index (χ0n) is 13.0. The molecule has 2 fully saturated rings. The normalized spacial score (nSPS) is 21.8. The van der Waals surface area contributed by atoms with Gasteiger partial charge >= 0.3 is 0 Å². The van der Waals surface area contributed by atoms with E-state index in [1.54, 1.807) is 0 Å². The molecule has 1 heterocycles. The second kappa shape index (κ2) is 6.16. The minimum atomic E-state index is -3.36. The molecule has 0 bridgehead atoms. The van der Waals surface area contributed by atoms with Crippen LogP contribution in [0.4, 0.5) is 5.69 Å². The van der Waals surface area contributed by atoms with Crippen molar-refractivity contribution in [3.8, 4) is 0 Å². The Hall–Kier alpha value is -1.15. The highest BCUT2D eigenvalue weighted by Crippen LogP contribution is 2.37. The van der Waals surface area contributed by atoms with Crippen LogP contribution in [-0.2, 0) is 10.2 Å². The van der Waals surface area contributed by atoms with Crippen molar-refractivity contribution in [2.24, 2.45) is 0 Å². The molecule has 0 amide bonds. The number of anilines is 1. The van der Waals surface area contributed by atoms with Gasteiger partial charge in [-0.3, -0.25) is 4.90 Å². The molecule has 0 spiro atoms. The molecular formula is C15H24N4O2S. The molecule has 22 heavy (non-hydrogen) atoms. The molecule has 1 aliphatic heterocycles. The van der Waals surface area contributed by atoms with E-state index >= 15 is 0 Å². The number of nitrogens with one attached hydrogen (secondary N) is 2. The van der Waals surface area contributed by atoms with Gasteiger partial charge in [-0.1, -0.05) is 18.2 Å². The van der Waals surface area contributed by atoms with Crippen molar-refractivity contribution in [1.29, 1.82) is 0 Å². The zero-order valence-corrected chi connectivity index (χ0v) is 13.8. The Labute approximate surface area is 132 Å². The third-order valence-corrected chi connectivity index (χ3v) is 5.73. The molecule has 3 rings (SSSR count). The molecule has 6 nitrogen and oxygen atoms in total. The fourth-order valence-corrected chi connectivity index (χ4v) is 3.95. The van der Waals surface area contributed by atoms with E-state index in [0.717, 1.165) is 45.6 Å². The lowest BCUT2D eigenvalue weighted by atomic mass is 10.2. The van der Waals surface area contributed by atoms with Crippen molar-refractivity contribution in [2.75, 3.05) is 44.7 Å². The molecule has 1 saturated carbocycles. The second-order valence-electron chi connectivity index (χ2n) is 6.19. The van der Waals surface area contributed by atoms with Crippen LogP contribution in [0.15, 0.2) is 30.3 Å². The lowest BCUT2D eigenvalue weighted by Crippen LogP contribution is -2.53. The first-order valence-electron chi connectivity index (χ1n) is 7.77. The number of hydrogen-bond acceptors (Lipinski definition) is 4. The Morgan fingerprint density at radius 1 is 1.09 bits per heavy atom. The third-order valence-electron chi connectivity index (χ3n) is 4.49. The number of nitrogens with zero attached hydrogens (tertiary/aromatic N) is 2. The molecule has 1 aromatic carbocycles. The Morgan fingerprint density at radius 2 is 1.73 bits per heavy atom. The fourth-order valence-electron chi connectivity index (χ4n) is 3.01. The Morgan fingerprint density at radius 3 is 2.27 bits per heavy atom. The number of para-hydroxylation sites is 1. The van der Waals surface area contributed by atoms with Crippen molar-refractivity contribution >= 4 is 15.9 Å². The molecule has 1 saturated heterocycles. The molecule has 7 heteroatoms. The fraction of sp³-hybridized carbons (Fsp3) is 0.600. The topological polar surface area (TPSA) is 64.7 Å². The highest BCUT2D eigenvalue weighted by atomic mass is 32.2. The van der Waals surface area contributed by atoms with Gasteiger partial charge in [-0.25, -0.2) is 4.72 Å². The third kappa shape index (κ3) is 3.78. The van der Waals surface area contributed by atoms with Crippen LogP contribution in [0.3, 0.4) is 0 Å². The Kier molecular flexibility index (Phi) is 4.40. The van der Waals surface area contributed by atoms with Crippen LogP contribution >= 0.6 is 0 Å². The molecule has 0 unspecified atom stereocenters.